The smallest absolute Gasteiger partial charge is 0.287 e. The Hall–Kier alpha value is -2.57. The maximum absolute atomic E-state index is 12.8. The molecule has 27 heavy (non-hydrogen) atoms. The number of benzene rings is 1. The molecule has 1 atom stereocenters. The van der Waals surface area contributed by atoms with Crippen LogP contribution >= 0.6 is 0 Å². The molecule has 0 saturated carbocycles. The Morgan fingerprint density at radius 1 is 1.11 bits per heavy atom. The first-order valence-electron chi connectivity index (χ1n) is 9.28. The zero-order valence-electron chi connectivity index (χ0n) is 15.7. The lowest BCUT2D eigenvalue weighted by atomic mass is 10.1. The topological polar surface area (TPSA) is 67.9 Å². The van der Waals surface area contributed by atoms with Crippen molar-refractivity contribution in [1.82, 2.24) is 10.2 Å². The second-order valence-corrected chi connectivity index (χ2v) is 6.87. The lowest BCUT2D eigenvalue weighted by Gasteiger charge is -2.33. The van der Waals surface area contributed by atoms with E-state index in [4.69, 9.17) is 13.6 Å². The van der Waals surface area contributed by atoms with Gasteiger partial charge in [0.25, 0.3) is 5.91 Å². The number of carbonyl (C=O) groups is 1. The summed E-state index contributed by atoms with van der Waals surface area (Å²) >= 11 is 0. The summed E-state index contributed by atoms with van der Waals surface area (Å²) in [5, 5.41) is 4.00. The van der Waals surface area contributed by atoms with Crippen molar-refractivity contribution >= 4 is 16.9 Å². The molecule has 1 aliphatic rings. The Balaban J connectivity index is 1.52. The van der Waals surface area contributed by atoms with Crippen molar-refractivity contribution in [1.29, 1.82) is 0 Å². The van der Waals surface area contributed by atoms with E-state index in [0.717, 1.165) is 41.1 Å². The molecule has 1 aromatic carbocycles. The summed E-state index contributed by atoms with van der Waals surface area (Å²) in [5.41, 5.74) is 1.59. The lowest BCUT2D eigenvalue weighted by molar-refractivity contribution is 0.0116. The second-order valence-electron chi connectivity index (χ2n) is 6.87. The third-order valence-electron chi connectivity index (χ3n) is 5.08. The van der Waals surface area contributed by atoms with Crippen LogP contribution in [0.25, 0.3) is 11.0 Å². The van der Waals surface area contributed by atoms with Crippen LogP contribution in [0, 0.1) is 13.8 Å². The van der Waals surface area contributed by atoms with Crippen molar-refractivity contribution in [2.24, 2.45) is 0 Å². The summed E-state index contributed by atoms with van der Waals surface area (Å²) in [5.74, 6) is 1.89. The van der Waals surface area contributed by atoms with E-state index in [1.54, 1.807) is 0 Å². The first-order chi connectivity index (χ1) is 13.1. The summed E-state index contributed by atoms with van der Waals surface area (Å²) in [6.07, 6.45) is 0. The fraction of sp³-hybridized carbons (Fsp3) is 0.381. The number of fused-ring (bicyclic) bond motifs is 1. The molecule has 142 valence electrons. The minimum atomic E-state index is -0.203. The van der Waals surface area contributed by atoms with Crippen molar-refractivity contribution in [3.05, 3.63) is 59.2 Å². The SMILES string of the molecule is Cc1ccc(C(CNC(=O)c2oc3ccccc3c2C)N2CCOCC2)o1. The van der Waals surface area contributed by atoms with Gasteiger partial charge in [-0.2, -0.15) is 0 Å². The predicted molar refractivity (Wildman–Crippen MR) is 102 cm³/mol. The van der Waals surface area contributed by atoms with Crippen molar-refractivity contribution in [2.45, 2.75) is 19.9 Å². The van der Waals surface area contributed by atoms with E-state index in [9.17, 15) is 4.79 Å². The molecule has 6 heteroatoms. The van der Waals surface area contributed by atoms with Gasteiger partial charge in [0, 0.05) is 30.6 Å². The van der Waals surface area contributed by atoms with Crippen LogP contribution in [-0.4, -0.2) is 43.7 Å². The van der Waals surface area contributed by atoms with Gasteiger partial charge in [-0.25, -0.2) is 0 Å². The van der Waals surface area contributed by atoms with Gasteiger partial charge in [0.1, 0.15) is 17.1 Å². The Bertz CT molecular complexity index is 937. The molecule has 4 rings (SSSR count). The predicted octanol–water partition coefficient (Wildman–Crippen LogP) is 3.45. The Kier molecular flexibility index (Phi) is 5.01. The zero-order valence-corrected chi connectivity index (χ0v) is 15.7. The highest BCUT2D eigenvalue weighted by molar-refractivity contribution is 5.98. The van der Waals surface area contributed by atoms with E-state index in [1.165, 1.54) is 0 Å². The van der Waals surface area contributed by atoms with E-state index >= 15 is 0 Å². The number of amides is 1. The van der Waals surface area contributed by atoms with Crippen LogP contribution in [0.2, 0.25) is 0 Å². The molecule has 3 heterocycles. The van der Waals surface area contributed by atoms with Gasteiger partial charge in [-0.3, -0.25) is 9.69 Å². The van der Waals surface area contributed by atoms with Crippen LogP contribution < -0.4 is 5.32 Å². The molecule has 0 bridgehead atoms. The average molecular weight is 368 g/mol. The highest BCUT2D eigenvalue weighted by Crippen LogP contribution is 2.26. The Morgan fingerprint density at radius 3 is 2.59 bits per heavy atom. The molecule has 3 aromatic rings. The van der Waals surface area contributed by atoms with Crippen LogP contribution in [0.1, 0.15) is 33.7 Å². The van der Waals surface area contributed by atoms with Crippen molar-refractivity contribution in [3.8, 4) is 0 Å². The van der Waals surface area contributed by atoms with Gasteiger partial charge in [-0.05, 0) is 32.0 Å². The molecule has 0 spiro atoms. The van der Waals surface area contributed by atoms with E-state index in [0.29, 0.717) is 25.5 Å². The third kappa shape index (κ3) is 3.63. The normalized spacial score (nSPS) is 16.5. The van der Waals surface area contributed by atoms with E-state index < -0.39 is 0 Å². The average Bonchev–Trinajstić information content (AvgIpc) is 3.27. The fourth-order valence-electron chi connectivity index (χ4n) is 3.59. The van der Waals surface area contributed by atoms with E-state index in [-0.39, 0.29) is 11.9 Å². The lowest BCUT2D eigenvalue weighted by Crippen LogP contribution is -2.43. The van der Waals surface area contributed by atoms with Gasteiger partial charge in [-0.15, -0.1) is 0 Å². The molecule has 1 amide bonds. The summed E-state index contributed by atoms with van der Waals surface area (Å²) in [4.78, 5) is 15.1. The standard InChI is InChI=1S/C21H24N2O4/c1-14-7-8-19(26-14)17(23-9-11-25-12-10-23)13-22-21(24)20-15(2)16-5-3-4-6-18(16)27-20/h3-8,17H,9-13H2,1-2H3,(H,22,24). The molecule has 1 N–H and O–H groups in total. The third-order valence-corrected chi connectivity index (χ3v) is 5.08. The van der Waals surface area contributed by atoms with Gasteiger partial charge in [0.05, 0.1) is 19.3 Å². The maximum Gasteiger partial charge on any atom is 0.287 e. The number of morpholine rings is 1. The van der Waals surface area contributed by atoms with Crippen LogP contribution in [0.15, 0.2) is 45.2 Å². The van der Waals surface area contributed by atoms with Gasteiger partial charge in [0.2, 0.25) is 0 Å². The molecule has 0 radical (unpaired) electrons. The van der Waals surface area contributed by atoms with Gasteiger partial charge in [-0.1, -0.05) is 18.2 Å². The number of nitrogens with one attached hydrogen (secondary N) is 1. The summed E-state index contributed by atoms with van der Waals surface area (Å²) in [6.45, 7) is 7.28. The number of rotatable bonds is 5. The van der Waals surface area contributed by atoms with E-state index in [2.05, 4.69) is 10.2 Å². The Labute approximate surface area is 158 Å². The molecule has 6 nitrogen and oxygen atoms in total. The number of nitrogens with zero attached hydrogens (tertiary/aromatic N) is 1. The molecule has 1 unspecified atom stereocenters. The van der Waals surface area contributed by atoms with Crippen LogP contribution in [0.3, 0.4) is 0 Å². The van der Waals surface area contributed by atoms with Crippen molar-refractivity contribution < 1.29 is 18.4 Å². The van der Waals surface area contributed by atoms with Crippen LogP contribution in [0.4, 0.5) is 0 Å². The number of aryl methyl sites for hydroxylation is 2. The quantitative estimate of drug-likeness (QED) is 0.747. The Morgan fingerprint density at radius 2 is 1.89 bits per heavy atom. The minimum Gasteiger partial charge on any atom is -0.465 e. The first kappa shape index (κ1) is 17.8. The number of carbonyl (C=O) groups excluding carboxylic acids is 1. The first-order valence-corrected chi connectivity index (χ1v) is 9.28. The van der Waals surface area contributed by atoms with Gasteiger partial charge >= 0.3 is 0 Å². The van der Waals surface area contributed by atoms with Crippen molar-refractivity contribution in [2.75, 3.05) is 32.8 Å². The highest BCUT2D eigenvalue weighted by Gasteiger charge is 2.27. The molecule has 0 aliphatic carbocycles. The molecule has 1 fully saturated rings. The molecular formula is C21H24N2O4. The largest absolute Gasteiger partial charge is 0.465 e. The summed E-state index contributed by atoms with van der Waals surface area (Å²) in [7, 11) is 0. The fourth-order valence-corrected chi connectivity index (χ4v) is 3.59. The highest BCUT2D eigenvalue weighted by atomic mass is 16.5. The van der Waals surface area contributed by atoms with Crippen LogP contribution in [0.5, 0.6) is 0 Å². The van der Waals surface area contributed by atoms with Gasteiger partial charge < -0.3 is 18.9 Å². The monoisotopic (exact) mass is 368 g/mol. The zero-order chi connectivity index (χ0) is 18.8. The van der Waals surface area contributed by atoms with E-state index in [1.807, 2.05) is 50.2 Å². The molecule has 1 saturated heterocycles. The summed E-state index contributed by atoms with van der Waals surface area (Å²) in [6, 6.07) is 11.6. The summed E-state index contributed by atoms with van der Waals surface area (Å²) < 4.78 is 17.1. The molecular weight excluding hydrogens is 344 g/mol. The number of furan rings is 2. The number of hydrogen-bond donors (Lipinski definition) is 1. The number of para-hydroxylation sites is 1. The molecule has 1 aliphatic heterocycles. The maximum atomic E-state index is 12.8. The second kappa shape index (κ2) is 7.58. The number of ether oxygens (including phenoxy) is 1. The minimum absolute atomic E-state index is 0.0313. The van der Waals surface area contributed by atoms with Gasteiger partial charge in [0.15, 0.2) is 5.76 Å². The number of hydrogen-bond acceptors (Lipinski definition) is 5. The van der Waals surface area contributed by atoms with Crippen LogP contribution in [-0.2, 0) is 4.74 Å². The molecule has 2 aromatic heterocycles. The van der Waals surface area contributed by atoms with Crippen molar-refractivity contribution in [3.63, 3.8) is 0 Å².